The molecule has 0 radical (unpaired) electrons. The molecule has 1 atom stereocenters. The zero-order chi connectivity index (χ0) is 37.5. The summed E-state index contributed by atoms with van der Waals surface area (Å²) < 4.78 is 48.5. The fourth-order valence-electron chi connectivity index (χ4n) is 4.77. The molecule has 2 heterocycles. The van der Waals surface area contributed by atoms with Crippen molar-refractivity contribution >= 4 is 58.4 Å². The zero-order valence-electron chi connectivity index (χ0n) is 27.2. The van der Waals surface area contributed by atoms with Crippen LogP contribution in [0, 0.1) is 0 Å². The van der Waals surface area contributed by atoms with Gasteiger partial charge in [0.2, 0.25) is 23.6 Å². The molecule has 0 unspecified atom stereocenters. The number of nitrogens with one attached hydrogen (secondary N) is 4. The van der Waals surface area contributed by atoms with Crippen LogP contribution in [-0.2, 0) is 19.9 Å². The Hall–Kier alpha value is -6.04. The summed E-state index contributed by atoms with van der Waals surface area (Å²) in [5.41, 5.74) is 0.889. The van der Waals surface area contributed by atoms with E-state index in [4.69, 9.17) is 21.1 Å². The Labute approximate surface area is 298 Å². The Kier molecular flexibility index (Phi) is 11.4. The van der Waals surface area contributed by atoms with Gasteiger partial charge < -0.3 is 35.8 Å². The number of alkyl halides is 3. The van der Waals surface area contributed by atoms with Crippen LogP contribution in [0.2, 0.25) is 5.02 Å². The summed E-state index contributed by atoms with van der Waals surface area (Å²) in [5.74, 6) is -4.03. The maximum Gasteiger partial charge on any atom is 0.422 e. The molecule has 52 heavy (non-hydrogen) atoms. The van der Waals surface area contributed by atoms with Gasteiger partial charge in [0.15, 0.2) is 6.61 Å². The number of ether oxygens (including phenoxy) is 2. The molecule has 5 N–H and O–H groups in total. The monoisotopic (exact) mass is 742 g/mol. The number of Topliss-reactive ketones (excluding diaryl/α,β-unsaturated/α-hetero) is 1. The number of amides is 2. The molecule has 2 amide bonds. The molecule has 15 nitrogen and oxygen atoms in total. The highest BCUT2D eigenvalue weighted by Crippen LogP contribution is 2.48. The average Bonchev–Trinajstić information content (AvgIpc) is 3.89. The molecule has 19 heteroatoms. The fraction of sp³-hybridized carbons (Fsp3) is 0.273. The molecule has 1 aliphatic rings. The Bertz CT molecular complexity index is 1930. The van der Waals surface area contributed by atoms with E-state index in [-0.39, 0.29) is 29.6 Å². The highest BCUT2D eigenvalue weighted by molar-refractivity contribution is 6.40. The lowest BCUT2D eigenvalue weighted by Gasteiger charge is -2.19. The minimum atomic E-state index is -4.65. The van der Waals surface area contributed by atoms with Crippen molar-refractivity contribution in [3.8, 4) is 11.9 Å². The number of aliphatic carboxylic acids is 1. The Morgan fingerprint density at radius 1 is 0.942 bits per heavy atom. The first-order valence-corrected chi connectivity index (χ1v) is 15.8. The Morgan fingerprint density at radius 3 is 2.21 bits per heavy atom. The van der Waals surface area contributed by atoms with Crippen molar-refractivity contribution in [3.63, 3.8) is 0 Å². The minimum absolute atomic E-state index is 0.0405. The van der Waals surface area contributed by atoms with Gasteiger partial charge in [0.25, 0.3) is 11.8 Å². The fourth-order valence-corrected chi connectivity index (χ4v) is 4.90. The molecule has 0 bridgehead atoms. The maximum absolute atomic E-state index is 12.9. The number of hydrogen-bond donors (Lipinski definition) is 5. The van der Waals surface area contributed by atoms with Gasteiger partial charge in [-0.2, -0.15) is 28.1 Å². The number of ketones is 1. The molecule has 0 aliphatic heterocycles. The number of anilines is 4. The SMILES string of the molecule is COc1ccc(NC(=O)C(=O)CC[C@H](NC(=O)c2ccc(Nc3nc(NC4(c5ccc(Cl)cc5)CC4)nc(OCC(F)(F)F)n3)cc2)C(=O)O)cn1. The van der Waals surface area contributed by atoms with E-state index >= 15 is 0 Å². The van der Waals surface area contributed by atoms with E-state index in [1.807, 2.05) is 12.1 Å². The summed E-state index contributed by atoms with van der Waals surface area (Å²) in [5, 5.41) is 20.8. The van der Waals surface area contributed by atoms with Gasteiger partial charge in [-0.15, -0.1) is 0 Å². The van der Waals surface area contributed by atoms with E-state index in [0.29, 0.717) is 29.4 Å². The third-order valence-corrected chi connectivity index (χ3v) is 7.85. The predicted molar refractivity (Wildman–Crippen MR) is 180 cm³/mol. The summed E-state index contributed by atoms with van der Waals surface area (Å²) >= 11 is 6.01. The molecular formula is C33H30ClF3N8O7. The maximum atomic E-state index is 12.9. The van der Waals surface area contributed by atoms with E-state index in [9.17, 15) is 37.5 Å². The first kappa shape index (κ1) is 37.2. The molecule has 1 fully saturated rings. The molecule has 2 aromatic heterocycles. The van der Waals surface area contributed by atoms with E-state index in [2.05, 4.69) is 41.2 Å². The number of rotatable bonds is 16. The number of carboxylic acid groups (broad SMARTS) is 1. The number of carbonyl (C=O) groups is 4. The molecular weight excluding hydrogens is 713 g/mol. The van der Waals surface area contributed by atoms with Crippen LogP contribution in [0.15, 0.2) is 66.9 Å². The lowest BCUT2D eigenvalue weighted by atomic mass is 10.1. The van der Waals surface area contributed by atoms with Gasteiger partial charge in [-0.1, -0.05) is 23.7 Å². The van der Waals surface area contributed by atoms with Crippen LogP contribution in [-0.4, -0.2) is 74.5 Å². The van der Waals surface area contributed by atoms with Crippen LogP contribution in [0.25, 0.3) is 0 Å². The van der Waals surface area contributed by atoms with Crippen molar-refractivity contribution in [2.24, 2.45) is 0 Å². The van der Waals surface area contributed by atoms with Crippen LogP contribution in [0.4, 0.5) is 36.4 Å². The number of pyridine rings is 1. The standard InChI is InChI=1S/C33H30ClF3N8O7/c1-51-25-13-10-22(16-38-25)39-27(48)24(46)12-11-23(28(49)50)41-26(47)18-2-8-21(9-3-18)40-29-42-30(44-31(43-29)52-17-33(35,36)37)45-32(14-15-32)19-4-6-20(34)7-5-19/h2-10,13,16,23H,11-12,14-15,17H2,1H3,(H,39,48)(H,41,47)(H,49,50)(H2,40,42,43,44,45)/t23-/m0/s1. The second-order valence-electron chi connectivity index (χ2n) is 11.5. The summed E-state index contributed by atoms with van der Waals surface area (Å²) in [7, 11) is 1.41. The predicted octanol–water partition coefficient (Wildman–Crippen LogP) is 4.89. The molecule has 5 rings (SSSR count). The molecule has 1 saturated carbocycles. The second-order valence-corrected chi connectivity index (χ2v) is 11.9. The van der Waals surface area contributed by atoms with Crippen LogP contribution < -0.4 is 30.7 Å². The lowest BCUT2D eigenvalue weighted by molar-refractivity contribution is -0.154. The quantitative estimate of drug-likeness (QED) is 0.0972. The lowest BCUT2D eigenvalue weighted by Crippen LogP contribution is -2.41. The summed E-state index contributed by atoms with van der Waals surface area (Å²) in [6.07, 6.45) is -2.83. The number of hydrogen-bond acceptors (Lipinski definition) is 12. The number of benzene rings is 2. The smallest absolute Gasteiger partial charge is 0.422 e. The van der Waals surface area contributed by atoms with Crippen molar-refractivity contribution in [1.29, 1.82) is 0 Å². The minimum Gasteiger partial charge on any atom is -0.481 e. The molecule has 272 valence electrons. The largest absolute Gasteiger partial charge is 0.481 e. The van der Waals surface area contributed by atoms with Gasteiger partial charge in [-0.25, -0.2) is 9.78 Å². The Morgan fingerprint density at radius 2 is 1.62 bits per heavy atom. The second kappa shape index (κ2) is 15.9. The van der Waals surface area contributed by atoms with Crippen LogP contribution >= 0.6 is 11.6 Å². The molecule has 0 saturated heterocycles. The first-order valence-electron chi connectivity index (χ1n) is 15.5. The summed E-state index contributed by atoms with van der Waals surface area (Å²) in [6, 6.07) is 13.5. The number of methoxy groups -OCH3 is 1. The number of halogens is 4. The van der Waals surface area contributed by atoms with Crippen molar-refractivity contribution < 1.29 is 46.9 Å². The number of carboxylic acids is 1. The highest BCUT2D eigenvalue weighted by Gasteiger charge is 2.45. The van der Waals surface area contributed by atoms with E-state index in [1.54, 1.807) is 12.1 Å². The topological polar surface area (TPSA) is 207 Å². The summed E-state index contributed by atoms with van der Waals surface area (Å²) in [4.78, 5) is 65.5. The number of nitrogens with zero attached hydrogens (tertiary/aromatic N) is 4. The van der Waals surface area contributed by atoms with Gasteiger partial charge >= 0.3 is 18.2 Å². The van der Waals surface area contributed by atoms with E-state index < -0.39 is 60.4 Å². The molecule has 4 aromatic rings. The third kappa shape index (κ3) is 10.3. The van der Waals surface area contributed by atoms with Crippen LogP contribution in [0.3, 0.4) is 0 Å². The van der Waals surface area contributed by atoms with Gasteiger partial charge in [0, 0.05) is 28.8 Å². The van der Waals surface area contributed by atoms with Crippen molar-refractivity contribution in [2.75, 3.05) is 29.7 Å². The number of aromatic nitrogens is 4. The molecule has 0 spiro atoms. The van der Waals surface area contributed by atoms with Gasteiger partial charge in [-0.3, -0.25) is 14.4 Å². The summed E-state index contributed by atoms with van der Waals surface area (Å²) in [6.45, 7) is -1.64. The van der Waals surface area contributed by atoms with Crippen LogP contribution in [0.1, 0.15) is 41.6 Å². The van der Waals surface area contributed by atoms with Crippen molar-refractivity contribution in [1.82, 2.24) is 25.3 Å². The molecule has 1 aliphatic carbocycles. The average molecular weight is 743 g/mol. The zero-order valence-corrected chi connectivity index (χ0v) is 27.9. The Balaban J connectivity index is 1.21. The van der Waals surface area contributed by atoms with Crippen LogP contribution in [0.5, 0.6) is 11.9 Å². The molecule has 2 aromatic carbocycles. The van der Waals surface area contributed by atoms with Crippen molar-refractivity contribution in [3.05, 3.63) is 83.0 Å². The number of carbonyl (C=O) groups excluding carboxylic acids is 3. The van der Waals surface area contributed by atoms with E-state index in [1.165, 1.54) is 49.7 Å². The van der Waals surface area contributed by atoms with E-state index in [0.717, 1.165) is 5.56 Å². The van der Waals surface area contributed by atoms with Gasteiger partial charge in [0.05, 0.1) is 24.5 Å². The highest BCUT2D eigenvalue weighted by atomic mass is 35.5. The third-order valence-electron chi connectivity index (χ3n) is 7.60. The first-order chi connectivity index (χ1) is 24.7. The normalized spacial score (nSPS) is 13.6. The van der Waals surface area contributed by atoms with Gasteiger partial charge in [-0.05, 0) is 67.3 Å². The van der Waals surface area contributed by atoms with Gasteiger partial charge in [0.1, 0.15) is 6.04 Å². The van der Waals surface area contributed by atoms with Crippen molar-refractivity contribution in [2.45, 2.75) is 43.4 Å².